The van der Waals surface area contributed by atoms with Gasteiger partial charge >= 0.3 is 6.18 Å². The van der Waals surface area contributed by atoms with E-state index in [4.69, 9.17) is 0 Å². The summed E-state index contributed by atoms with van der Waals surface area (Å²) < 4.78 is 36.8. The van der Waals surface area contributed by atoms with Crippen LogP contribution in [-0.4, -0.2) is 6.18 Å². The highest BCUT2D eigenvalue weighted by Crippen LogP contribution is 2.18. The lowest BCUT2D eigenvalue weighted by Gasteiger charge is -2.01. The van der Waals surface area contributed by atoms with Gasteiger partial charge < -0.3 is 0 Å². The summed E-state index contributed by atoms with van der Waals surface area (Å²) in [6, 6.07) is 9.53. The van der Waals surface area contributed by atoms with Gasteiger partial charge in [-0.05, 0) is 24.0 Å². The molecule has 0 N–H and O–H groups in total. The molecule has 0 unspecified atom stereocenters. The first-order chi connectivity index (χ1) is 10.0. The minimum Gasteiger partial charge on any atom is -0.166 e. The fourth-order valence-corrected chi connectivity index (χ4v) is 1.88. The fraction of sp³-hybridized carbons (Fsp3) is 0.389. The number of rotatable bonds is 7. The SMILES string of the molecule is CCCCCCC(=C=CC(F)(F)F)/C=C/c1ccccc1. The van der Waals surface area contributed by atoms with Crippen LogP contribution >= 0.6 is 0 Å². The average Bonchev–Trinajstić information content (AvgIpc) is 2.45. The van der Waals surface area contributed by atoms with Crippen LogP contribution in [0.2, 0.25) is 0 Å². The Hall–Kier alpha value is -1.73. The summed E-state index contributed by atoms with van der Waals surface area (Å²) in [6.07, 6.45) is 4.20. The number of alkyl halides is 3. The molecule has 0 saturated carbocycles. The second-order valence-corrected chi connectivity index (χ2v) is 4.91. The van der Waals surface area contributed by atoms with Gasteiger partial charge in [-0.25, -0.2) is 0 Å². The fourth-order valence-electron chi connectivity index (χ4n) is 1.88. The lowest BCUT2D eigenvalue weighted by molar-refractivity contribution is -0.0796. The van der Waals surface area contributed by atoms with Crippen LogP contribution in [0.15, 0.2) is 53.8 Å². The van der Waals surface area contributed by atoms with Crippen molar-refractivity contribution in [1.29, 1.82) is 0 Å². The predicted molar refractivity (Wildman–Crippen MR) is 81.9 cm³/mol. The van der Waals surface area contributed by atoms with Gasteiger partial charge in [-0.15, -0.1) is 5.73 Å². The molecule has 0 heterocycles. The van der Waals surface area contributed by atoms with E-state index in [0.29, 0.717) is 12.0 Å². The van der Waals surface area contributed by atoms with Crippen molar-refractivity contribution in [2.24, 2.45) is 0 Å². The molecule has 0 spiro atoms. The van der Waals surface area contributed by atoms with Gasteiger partial charge in [0.2, 0.25) is 0 Å². The molecule has 114 valence electrons. The molecular weight excluding hydrogens is 273 g/mol. The Kier molecular flexibility index (Phi) is 7.63. The zero-order valence-corrected chi connectivity index (χ0v) is 12.3. The maximum absolute atomic E-state index is 12.3. The summed E-state index contributed by atoms with van der Waals surface area (Å²) in [4.78, 5) is 0. The molecule has 0 aromatic heterocycles. The zero-order chi connectivity index (χ0) is 15.6. The highest BCUT2D eigenvalue weighted by atomic mass is 19.4. The quantitative estimate of drug-likeness (QED) is 0.314. The molecule has 0 aliphatic carbocycles. The first kappa shape index (κ1) is 17.3. The van der Waals surface area contributed by atoms with Crippen LogP contribution in [0.5, 0.6) is 0 Å². The molecule has 21 heavy (non-hydrogen) atoms. The molecule has 3 heteroatoms. The largest absolute Gasteiger partial charge is 0.416 e. The third-order valence-electron chi connectivity index (χ3n) is 3.00. The van der Waals surface area contributed by atoms with Crippen molar-refractivity contribution in [2.45, 2.75) is 45.2 Å². The van der Waals surface area contributed by atoms with Gasteiger partial charge in [-0.2, -0.15) is 13.2 Å². The van der Waals surface area contributed by atoms with Gasteiger partial charge in [0.05, 0.1) is 6.08 Å². The van der Waals surface area contributed by atoms with E-state index in [0.717, 1.165) is 31.2 Å². The maximum Gasteiger partial charge on any atom is 0.416 e. The van der Waals surface area contributed by atoms with Gasteiger partial charge in [-0.3, -0.25) is 0 Å². The second-order valence-electron chi connectivity index (χ2n) is 4.91. The summed E-state index contributed by atoms with van der Waals surface area (Å²) in [7, 11) is 0. The third-order valence-corrected chi connectivity index (χ3v) is 3.00. The molecule has 1 aromatic carbocycles. The number of hydrogen-bond acceptors (Lipinski definition) is 0. The molecular formula is C18H21F3. The van der Waals surface area contributed by atoms with Crippen LogP contribution in [0.25, 0.3) is 6.08 Å². The van der Waals surface area contributed by atoms with Crippen molar-refractivity contribution in [2.75, 3.05) is 0 Å². The van der Waals surface area contributed by atoms with E-state index >= 15 is 0 Å². The van der Waals surface area contributed by atoms with Crippen molar-refractivity contribution >= 4 is 6.08 Å². The predicted octanol–water partition coefficient (Wildman–Crippen LogP) is 6.31. The molecule has 0 nitrogen and oxygen atoms in total. The molecule has 0 atom stereocenters. The summed E-state index contributed by atoms with van der Waals surface area (Å²) in [5.41, 5.74) is 3.95. The van der Waals surface area contributed by atoms with Gasteiger partial charge in [0, 0.05) is 0 Å². The number of halogens is 3. The standard InChI is InChI=1S/C18H21F3/c1-2-3-4-6-11-17(14-15-18(19,20)21)13-12-16-9-7-5-8-10-16/h5,7-10,12-13,15H,2-4,6,11H2,1H3/b13-12+. The Balaban J connectivity index is 2.77. The Morgan fingerprint density at radius 2 is 1.81 bits per heavy atom. The molecule has 1 rings (SSSR count). The summed E-state index contributed by atoms with van der Waals surface area (Å²) in [6.45, 7) is 2.11. The van der Waals surface area contributed by atoms with Crippen LogP contribution < -0.4 is 0 Å². The van der Waals surface area contributed by atoms with Crippen LogP contribution in [-0.2, 0) is 0 Å². The molecule has 0 amide bonds. The van der Waals surface area contributed by atoms with Crippen molar-refractivity contribution in [3.8, 4) is 0 Å². The van der Waals surface area contributed by atoms with Crippen LogP contribution in [0, 0.1) is 0 Å². The smallest absolute Gasteiger partial charge is 0.166 e. The van der Waals surface area contributed by atoms with E-state index in [1.54, 1.807) is 6.08 Å². The molecule has 0 fully saturated rings. The average molecular weight is 294 g/mol. The highest BCUT2D eigenvalue weighted by molar-refractivity contribution is 5.52. The van der Waals surface area contributed by atoms with Gasteiger partial charge in [0.1, 0.15) is 0 Å². The molecule has 0 bridgehead atoms. The van der Waals surface area contributed by atoms with Crippen molar-refractivity contribution in [3.63, 3.8) is 0 Å². The van der Waals surface area contributed by atoms with E-state index in [1.807, 2.05) is 36.4 Å². The minimum absolute atomic E-state index is 0.192. The first-order valence-electron chi connectivity index (χ1n) is 7.28. The lowest BCUT2D eigenvalue weighted by Crippen LogP contribution is -1.99. The van der Waals surface area contributed by atoms with Crippen molar-refractivity contribution in [3.05, 3.63) is 59.4 Å². The summed E-state index contributed by atoms with van der Waals surface area (Å²) in [5, 5.41) is 0. The first-order valence-corrected chi connectivity index (χ1v) is 7.28. The minimum atomic E-state index is -4.31. The summed E-state index contributed by atoms with van der Waals surface area (Å²) >= 11 is 0. The van der Waals surface area contributed by atoms with Crippen LogP contribution in [0.1, 0.15) is 44.6 Å². The third kappa shape index (κ3) is 8.93. The molecule has 1 aromatic rings. The topological polar surface area (TPSA) is 0 Å². The number of unbranched alkanes of at least 4 members (excludes halogenated alkanes) is 3. The molecule has 0 aliphatic rings. The van der Waals surface area contributed by atoms with E-state index < -0.39 is 6.18 Å². The number of benzene rings is 1. The van der Waals surface area contributed by atoms with Gasteiger partial charge in [0.25, 0.3) is 0 Å². The van der Waals surface area contributed by atoms with Crippen LogP contribution in [0.3, 0.4) is 0 Å². The molecule has 0 aliphatic heterocycles. The number of hydrogen-bond donors (Lipinski definition) is 0. The highest BCUT2D eigenvalue weighted by Gasteiger charge is 2.21. The van der Waals surface area contributed by atoms with Crippen LogP contribution in [0.4, 0.5) is 13.2 Å². The zero-order valence-electron chi connectivity index (χ0n) is 12.3. The maximum atomic E-state index is 12.3. The number of allylic oxidation sites excluding steroid dienone is 2. The van der Waals surface area contributed by atoms with Crippen molar-refractivity contribution in [1.82, 2.24) is 0 Å². The second kappa shape index (κ2) is 9.25. The van der Waals surface area contributed by atoms with Gasteiger partial charge in [-0.1, -0.05) is 68.7 Å². The van der Waals surface area contributed by atoms with E-state index in [1.165, 1.54) is 0 Å². The van der Waals surface area contributed by atoms with Crippen molar-refractivity contribution < 1.29 is 13.2 Å². The molecule has 0 radical (unpaired) electrons. The Morgan fingerprint density at radius 1 is 1.10 bits per heavy atom. The Labute approximate surface area is 124 Å². The van der Waals surface area contributed by atoms with E-state index in [-0.39, 0.29) is 6.08 Å². The monoisotopic (exact) mass is 294 g/mol. The lowest BCUT2D eigenvalue weighted by atomic mass is 10.1. The normalized spacial score (nSPS) is 11.4. The molecule has 0 saturated heterocycles. The van der Waals surface area contributed by atoms with E-state index in [2.05, 4.69) is 12.7 Å². The summed E-state index contributed by atoms with van der Waals surface area (Å²) in [5.74, 6) is 0. The van der Waals surface area contributed by atoms with Gasteiger partial charge in [0.15, 0.2) is 0 Å². The Bertz CT molecular complexity index is 489. The Morgan fingerprint density at radius 3 is 2.43 bits per heavy atom. The van der Waals surface area contributed by atoms with E-state index in [9.17, 15) is 13.2 Å².